The molecule has 0 atom stereocenters. The van der Waals surface area contributed by atoms with Crippen LogP contribution in [0.25, 0.3) is 0 Å². The molecule has 0 fully saturated rings. The van der Waals surface area contributed by atoms with Gasteiger partial charge in [0, 0.05) is 11.4 Å². The van der Waals surface area contributed by atoms with Gasteiger partial charge in [-0.15, -0.1) is 11.6 Å². The first kappa shape index (κ1) is 16.6. The molecule has 0 aliphatic heterocycles. The Hall–Kier alpha value is -1.43. The summed E-state index contributed by atoms with van der Waals surface area (Å²) < 4.78 is 42.9. The summed E-state index contributed by atoms with van der Waals surface area (Å²) in [4.78, 5) is 11.5. The molecular formula is C13H15ClF3NO2. The van der Waals surface area contributed by atoms with Crippen LogP contribution in [0, 0.1) is 0 Å². The molecule has 0 aromatic heterocycles. The molecule has 0 saturated carbocycles. The molecule has 0 aliphatic carbocycles. The lowest BCUT2D eigenvalue weighted by atomic mass is 10.1. The fraction of sp³-hybridized carbons (Fsp3) is 0.462. The second kappa shape index (κ2) is 5.91. The van der Waals surface area contributed by atoms with Crippen LogP contribution < -0.4 is 10.1 Å². The van der Waals surface area contributed by atoms with Crippen molar-refractivity contribution in [1.29, 1.82) is 0 Å². The van der Waals surface area contributed by atoms with Gasteiger partial charge in [-0.25, -0.2) is 4.79 Å². The molecule has 1 rings (SSSR count). The van der Waals surface area contributed by atoms with Gasteiger partial charge in [-0.1, -0.05) is 0 Å². The average molecular weight is 310 g/mol. The highest BCUT2D eigenvalue weighted by molar-refractivity contribution is 6.17. The van der Waals surface area contributed by atoms with E-state index in [1.807, 2.05) is 0 Å². The van der Waals surface area contributed by atoms with Crippen molar-refractivity contribution in [2.24, 2.45) is 0 Å². The van der Waals surface area contributed by atoms with Crippen molar-refractivity contribution < 1.29 is 22.7 Å². The number of rotatable bonds is 2. The fourth-order valence-electron chi connectivity index (χ4n) is 1.40. The molecule has 112 valence electrons. The highest BCUT2D eigenvalue weighted by Gasteiger charge is 2.31. The van der Waals surface area contributed by atoms with Crippen molar-refractivity contribution in [2.45, 2.75) is 38.4 Å². The number of hydrogen-bond donors (Lipinski definition) is 1. The number of alkyl halides is 4. The van der Waals surface area contributed by atoms with Crippen LogP contribution in [0.5, 0.6) is 5.75 Å². The van der Waals surface area contributed by atoms with Gasteiger partial charge >= 0.3 is 12.3 Å². The predicted octanol–water partition coefficient (Wildman–Crippen LogP) is 4.33. The summed E-state index contributed by atoms with van der Waals surface area (Å²) in [6, 6.07) is 2.98. The molecule has 0 saturated heterocycles. The largest absolute Gasteiger partial charge is 0.416 e. The monoisotopic (exact) mass is 309 g/mol. The van der Waals surface area contributed by atoms with Crippen LogP contribution in [-0.2, 0) is 12.1 Å². The molecule has 0 heterocycles. The molecule has 7 heteroatoms. The number of nitrogens with one attached hydrogen (secondary N) is 1. The van der Waals surface area contributed by atoms with Gasteiger partial charge in [0.1, 0.15) is 5.75 Å². The van der Waals surface area contributed by atoms with Gasteiger partial charge in [-0.3, -0.25) is 0 Å². The van der Waals surface area contributed by atoms with Gasteiger partial charge in [0.15, 0.2) is 0 Å². The van der Waals surface area contributed by atoms with Gasteiger partial charge in [-0.2, -0.15) is 13.2 Å². The lowest BCUT2D eigenvalue weighted by Crippen LogP contribution is -2.42. The molecule has 1 aromatic rings. The van der Waals surface area contributed by atoms with E-state index in [2.05, 4.69) is 5.32 Å². The Balaban J connectivity index is 2.98. The van der Waals surface area contributed by atoms with Gasteiger partial charge in [-0.05, 0) is 44.5 Å². The van der Waals surface area contributed by atoms with Crippen LogP contribution in [0.1, 0.15) is 31.9 Å². The highest BCUT2D eigenvalue weighted by Crippen LogP contribution is 2.33. The van der Waals surface area contributed by atoms with Crippen molar-refractivity contribution >= 4 is 17.7 Å². The molecule has 1 N–H and O–H groups in total. The molecule has 0 aliphatic rings. The van der Waals surface area contributed by atoms with E-state index in [4.69, 9.17) is 16.3 Å². The third-order valence-electron chi connectivity index (χ3n) is 2.14. The third kappa shape index (κ3) is 5.28. The van der Waals surface area contributed by atoms with Crippen LogP contribution >= 0.6 is 11.6 Å². The van der Waals surface area contributed by atoms with E-state index >= 15 is 0 Å². The Morgan fingerprint density at radius 2 is 1.85 bits per heavy atom. The van der Waals surface area contributed by atoms with Crippen LogP contribution in [0.3, 0.4) is 0 Å². The first-order valence-corrected chi connectivity index (χ1v) is 6.32. The Bertz CT molecular complexity index is 495. The van der Waals surface area contributed by atoms with Crippen molar-refractivity contribution in [3.05, 3.63) is 29.3 Å². The van der Waals surface area contributed by atoms with E-state index in [9.17, 15) is 18.0 Å². The molecule has 0 unspecified atom stereocenters. The van der Waals surface area contributed by atoms with Crippen molar-refractivity contribution in [1.82, 2.24) is 5.32 Å². The minimum atomic E-state index is -4.53. The number of halogens is 4. The molecular weight excluding hydrogens is 295 g/mol. The molecule has 20 heavy (non-hydrogen) atoms. The lowest BCUT2D eigenvalue weighted by Gasteiger charge is -2.20. The van der Waals surface area contributed by atoms with E-state index in [1.165, 1.54) is 6.07 Å². The number of benzene rings is 1. The number of ether oxygens (including phenoxy) is 1. The summed E-state index contributed by atoms with van der Waals surface area (Å²) in [5.41, 5.74) is -1.23. The molecule has 3 nitrogen and oxygen atoms in total. The molecule has 0 bridgehead atoms. The van der Waals surface area contributed by atoms with Crippen molar-refractivity contribution in [3.63, 3.8) is 0 Å². The number of carbonyl (C=O) groups is 1. The standard InChI is InChI=1S/C13H15ClF3NO2/c1-12(2,3)18-11(19)20-10-5-8(7-14)4-9(6-10)13(15,16)17/h4-6H,7H2,1-3H3,(H,18,19). The Labute approximate surface area is 120 Å². The maximum atomic E-state index is 12.7. The van der Waals surface area contributed by atoms with Crippen molar-refractivity contribution in [3.8, 4) is 5.75 Å². The minimum Gasteiger partial charge on any atom is -0.410 e. The van der Waals surface area contributed by atoms with Crippen LogP contribution in [0.15, 0.2) is 18.2 Å². The van der Waals surface area contributed by atoms with Gasteiger partial charge < -0.3 is 10.1 Å². The summed E-state index contributed by atoms with van der Waals surface area (Å²) in [6.45, 7) is 5.18. The maximum absolute atomic E-state index is 12.7. The number of hydrogen-bond acceptors (Lipinski definition) is 2. The van der Waals surface area contributed by atoms with Gasteiger partial charge in [0.25, 0.3) is 0 Å². The zero-order valence-electron chi connectivity index (χ0n) is 11.3. The van der Waals surface area contributed by atoms with Crippen LogP contribution in [0.4, 0.5) is 18.0 Å². The Morgan fingerprint density at radius 3 is 2.30 bits per heavy atom. The summed E-state index contributed by atoms with van der Waals surface area (Å²) >= 11 is 5.54. The third-order valence-corrected chi connectivity index (χ3v) is 2.44. The smallest absolute Gasteiger partial charge is 0.410 e. The highest BCUT2D eigenvalue weighted by atomic mass is 35.5. The van der Waals surface area contributed by atoms with Gasteiger partial charge in [0.05, 0.1) is 5.56 Å². The van der Waals surface area contributed by atoms with Crippen LogP contribution in [0.2, 0.25) is 0 Å². The first-order chi connectivity index (χ1) is 9.01. The molecule has 0 spiro atoms. The second-order valence-corrected chi connectivity index (χ2v) is 5.53. The predicted molar refractivity (Wildman–Crippen MR) is 69.9 cm³/mol. The van der Waals surface area contributed by atoms with Crippen LogP contribution in [-0.4, -0.2) is 11.6 Å². The lowest BCUT2D eigenvalue weighted by molar-refractivity contribution is -0.137. The second-order valence-electron chi connectivity index (χ2n) is 5.26. The minimum absolute atomic E-state index is 0.110. The maximum Gasteiger partial charge on any atom is 0.416 e. The Morgan fingerprint density at radius 1 is 1.25 bits per heavy atom. The molecule has 1 amide bonds. The molecule has 1 aromatic carbocycles. The SMILES string of the molecule is CC(C)(C)NC(=O)Oc1cc(CCl)cc(C(F)(F)F)c1. The summed E-state index contributed by atoms with van der Waals surface area (Å²) in [6.07, 6.45) is -5.35. The fourth-order valence-corrected chi connectivity index (χ4v) is 1.55. The zero-order chi connectivity index (χ0) is 15.6. The summed E-state index contributed by atoms with van der Waals surface area (Å²) in [5, 5.41) is 2.49. The zero-order valence-corrected chi connectivity index (χ0v) is 12.0. The average Bonchev–Trinajstić information content (AvgIpc) is 2.24. The topological polar surface area (TPSA) is 38.3 Å². The van der Waals surface area contributed by atoms with E-state index < -0.39 is 23.4 Å². The quantitative estimate of drug-likeness (QED) is 0.826. The van der Waals surface area contributed by atoms with Gasteiger partial charge in [0.2, 0.25) is 0 Å². The number of amides is 1. The van der Waals surface area contributed by atoms with E-state index in [0.29, 0.717) is 0 Å². The van der Waals surface area contributed by atoms with E-state index in [0.717, 1.165) is 12.1 Å². The van der Waals surface area contributed by atoms with E-state index in [-0.39, 0.29) is 17.2 Å². The Kier molecular flexibility index (Phi) is 4.91. The van der Waals surface area contributed by atoms with Crippen molar-refractivity contribution in [2.75, 3.05) is 0 Å². The normalized spacial score (nSPS) is 12.2. The molecule has 0 radical (unpaired) electrons. The first-order valence-electron chi connectivity index (χ1n) is 5.78. The number of carbonyl (C=O) groups excluding carboxylic acids is 1. The summed E-state index contributed by atoms with van der Waals surface area (Å²) in [5.74, 6) is -0.307. The van der Waals surface area contributed by atoms with E-state index in [1.54, 1.807) is 20.8 Å². The summed E-state index contributed by atoms with van der Waals surface area (Å²) in [7, 11) is 0.